The maximum absolute atomic E-state index is 12.7. The zero-order chi connectivity index (χ0) is 23.9. The third-order valence-electron chi connectivity index (χ3n) is 5.50. The second-order valence-corrected chi connectivity index (χ2v) is 9.36. The molecule has 0 radical (unpaired) electrons. The lowest BCUT2D eigenvalue weighted by Gasteiger charge is -2.11. The summed E-state index contributed by atoms with van der Waals surface area (Å²) in [6.45, 7) is 0.769. The molecule has 2 aromatic heterocycles. The second-order valence-electron chi connectivity index (χ2n) is 7.76. The summed E-state index contributed by atoms with van der Waals surface area (Å²) in [7, 11) is 0.775. The topological polar surface area (TPSA) is 136 Å². The molecule has 0 saturated carbocycles. The van der Waals surface area contributed by atoms with E-state index in [4.69, 9.17) is 0 Å². The van der Waals surface area contributed by atoms with Crippen LogP contribution < -0.4 is 16.6 Å². The van der Waals surface area contributed by atoms with Gasteiger partial charge in [0.1, 0.15) is 17.2 Å². The zero-order valence-electron chi connectivity index (χ0n) is 18.3. The molecule has 12 heteroatoms. The number of nitrogens with one attached hydrogen (secondary N) is 1. The molecule has 3 aromatic rings. The van der Waals surface area contributed by atoms with Crippen LogP contribution in [0.4, 0.5) is 5.69 Å². The summed E-state index contributed by atoms with van der Waals surface area (Å²) in [6, 6.07) is 8.46. The molecule has 1 aliphatic heterocycles. The van der Waals surface area contributed by atoms with E-state index in [9.17, 15) is 22.8 Å². The summed E-state index contributed by atoms with van der Waals surface area (Å²) >= 11 is 0. The van der Waals surface area contributed by atoms with Gasteiger partial charge in [-0.1, -0.05) is 0 Å². The monoisotopic (exact) mass is 470 g/mol. The van der Waals surface area contributed by atoms with Crippen LogP contribution in [0.5, 0.6) is 0 Å². The summed E-state index contributed by atoms with van der Waals surface area (Å²) < 4.78 is 31.2. The fourth-order valence-corrected chi connectivity index (χ4v) is 4.68. The van der Waals surface area contributed by atoms with Gasteiger partial charge in [-0.15, -0.1) is 4.40 Å². The van der Waals surface area contributed by atoms with E-state index in [0.717, 1.165) is 17.5 Å². The number of rotatable bonds is 4. The highest BCUT2D eigenvalue weighted by Gasteiger charge is 2.20. The molecule has 1 amide bonds. The Hall–Kier alpha value is -3.80. The summed E-state index contributed by atoms with van der Waals surface area (Å²) in [5.41, 5.74) is -0.617. The van der Waals surface area contributed by atoms with E-state index < -0.39 is 27.2 Å². The van der Waals surface area contributed by atoms with Crippen LogP contribution in [0.2, 0.25) is 0 Å². The molecular weight excluding hydrogens is 448 g/mol. The van der Waals surface area contributed by atoms with E-state index in [1.807, 2.05) is 4.90 Å². The van der Waals surface area contributed by atoms with Crippen molar-refractivity contribution in [2.75, 3.05) is 18.9 Å². The first-order chi connectivity index (χ1) is 15.6. The number of sulfonamides is 1. The van der Waals surface area contributed by atoms with Crippen LogP contribution >= 0.6 is 0 Å². The highest BCUT2D eigenvalue weighted by molar-refractivity contribution is 7.90. The number of benzene rings is 1. The molecule has 33 heavy (non-hydrogen) atoms. The van der Waals surface area contributed by atoms with Gasteiger partial charge >= 0.3 is 5.69 Å². The quantitative estimate of drug-likeness (QED) is 0.593. The Kier molecular flexibility index (Phi) is 5.62. The minimum atomic E-state index is -3.86. The maximum Gasteiger partial charge on any atom is 0.332 e. The fraction of sp³-hybridized carbons (Fsp3) is 0.286. The molecule has 0 aliphatic carbocycles. The Labute approximate surface area is 189 Å². The van der Waals surface area contributed by atoms with E-state index in [1.165, 1.54) is 55.1 Å². The molecule has 3 heterocycles. The molecule has 0 bridgehead atoms. The average Bonchev–Trinajstić information content (AvgIpc) is 3.19. The number of nitrogens with zero attached hydrogens (tertiary/aromatic N) is 5. The Morgan fingerprint density at radius 2 is 1.73 bits per heavy atom. The first kappa shape index (κ1) is 22.4. The summed E-state index contributed by atoms with van der Waals surface area (Å²) in [4.78, 5) is 43.1. The minimum absolute atomic E-state index is 0.00174. The first-order valence-electron chi connectivity index (χ1n) is 10.1. The molecule has 1 aromatic carbocycles. The van der Waals surface area contributed by atoms with Crippen LogP contribution in [0, 0.1) is 0 Å². The number of hydrogen-bond acceptors (Lipinski definition) is 6. The molecule has 11 nitrogen and oxygen atoms in total. The van der Waals surface area contributed by atoms with Gasteiger partial charge in [-0.2, -0.15) is 8.42 Å². The molecule has 4 rings (SSSR count). The molecule has 172 valence electrons. The summed E-state index contributed by atoms with van der Waals surface area (Å²) in [6.07, 6.45) is 1.47. The number of pyridine rings is 1. The number of likely N-dealkylation sites (tertiary alicyclic amines) is 1. The van der Waals surface area contributed by atoms with E-state index in [-0.39, 0.29) is 21.6 Å². The Bertz CT molecular complexity index is 1520. The molecular formula is C21H22N6O5S. The maximum atomic E-state index is 12.7. The number of fused-ring (bicyclic) bond motifs is 1. The molecule has 1 saturated heterocycles. The fourth-order valence-electron chi connectivity index (χ4n) is 3.59. The number of anilines is 1. The SMILES string of the molecule is CN1CCC/C1=N\S(=O)(=O)c1ccc(NC(=O)c2ccc3c(=O)n(C)c(=O)n(C)c3n2)cc1. The van der Waals surface area contributed by atoms with Crippen molar-refractivity contribution in [3.8, 4) is 0 Å². The third-order valence-corrected chi connectivity index (χ3v) is 6.82. The normalized spacial score (nSPS) is 15.4. The lowest BCUT2D eigenvalue weighted by atomic mass is 10.2. The predicted molar refractivity (Wildman–Crippen MR) is 123 cm³/mol. The Morgan fingerprint density at radius 1 is 1.03 bits per heavy atom. The molecule has 0 unspecified atom stereocenters. The van der Waals surface area contributed by atoms with Crippen molar-refractivity contribution in [2.24, 2.45) is 18.5 Å². The van der Waals surface area contributed by atoms with Crippen molar-refractivity contribution in [3.05, 3.63) is 62.9 Å². The highest BCUT2D eigenvalue weighted by Crippen LogP contribution is 2.19. The predicted octanol–water partition coefficient (Wildman–Crippen LogP) is 0.697. The van der Waals surface area contributed by atoms with Gasteiger partial charge in [-0.3, -0.25) is 18.7 Å². The van der Waals surface area contributed by atoms with Gasteiger partial charge in [0.25, 0.3) is 21.5 Å². The van der Waals surface area contributed by atoms with E-state index >= 15 is 0 Å². The summed E-state index contributed by atoms with van der Waals surface area (Å²) in [5.74, 6) is -0.0487. The second kappa shape index (κ2) is 8.28. The standard InChI is InChI=1S/C21H22N6O5S/c1-25-12-4-5-17(25)24-33(31,32)14-8-6-13(7-9-14)22-19(28)16-11-10-15-18(23-16)26(2)21(30)27(3)20(15)29/h6-11H,4-5,12H2,1-3H3,(H,22,28)/b24-17+. The minimum Gasteiger partial charge on any atom is -0.362 e. The number of amidine groups is 1. The van der Waals surface area contributed by atoms with Gasteiger partial charge < -0.3 is 10.2 Å². The number of amides is 1. The number of aryl methyl sites for hydroxylation is 1. The molecule has 1 aliphatic rings. The summed E-state index contributed by atoms with van der Waals surface area (Å²) in [5, 5.41) is 2.84. The van der Waals surface area contributed by atoms with Crippen molar-refractivity contribution in [1.29, 1.82) is 0 Å². The smallest absolute Gasteiger partial charge is 0.332 e. The van der Waals surface area contributed by atoms with Crippen molar-refractivity contribution in [2.45, 2.75) is 17.7 Å². The largest absolute Gasteiger partial charge is 0.362 e. The molecule has 0 spiro atoms. The third kappa shape index (κ3) is 4.16. The van der Waals surface area contributed by atoms with Crippen molar-refractivity contribution < 1.29 is 13.2 Å². The van der Waals surface area contributed by atoms with Gasteiger partial charge in [0.2, 0.25) is 0 Å². The highest BCUT2D eigenvalue weighted by atomic mass is 32.2. The number of carbonyl (C=O) groups excluding carboxylic acids is 1. The van der Waals surface area contributed by atoms with Gasteiger partial charge in [0, 0.05) is 39.8 Å². The van der Waals surface area contributed by atoms with Crippen LogP contribution in [0.25, 0.3) is 11.0 Å². The number of carbonyl (C=O) groups is 1. The lowest BCUT2D eigenvalue weighted by molar-refractivity contribution is 0.102. The van der Waals surface area contributed by atoms with Crippen LogP contribution in [0.1, 0.15) is 23.3 Å². The molecule has 0 atom stereocenters. The lowest BCUT2D eigenvalue weighted by Crippen LogP contribution is -2.37. The van der Waals surface area contributed by atoms with Crippen LogP contribution in [-0.2, 0) is 24.1 Å². The van der Waals surface area contributed by atoms with Crippen LogP contribution in [0.15, 0.2) is 55.3 Å². The van der Waals surface area contributed by atoms with E-state index in [1.54, 1.807) is 7.05 Å². The van der Waals surface area contributed by atoms with E-state index in [0.29, 0.717) is 17.9 Å². The van der Waals surface area contributed by atoms with Gasteiger partial charge in [-0.05, 0) is 42.8 Å². The Morgan fingerprint density at radius 3 is 2.36 bits per heavy atom. The Balaban J connectivity index is 1.57. The van der Waals surface area contributed by atoms with E-state index in [2.05, 4.69) is 14.7 Å². The number of aromatic nitrogens is 3. The van der Waals surface area contributed by atoms with Crippen molar-refractivity contribution >= 4 is 38.5 Å². The van der Waals surface area contributed by atoms with Gasteiger partial charge in [-0.25, -0.2) is 9.78 Å². The van der Waals surface area contributed by atoms with Gasteiger partial charge in [0.05, 0.1) is 10.3 Å². The van der Waals surface area contributed by atoms with Crippen molar-refractivity contribution in [3.63, 3.8) is 0 Å². The average molecular weight is 471 g/mol. The van der Waals surface area contributed by atoms with Crippen LogP contribution in [0.3, 0.4) is 0 Å². The molecule has 1 N–H and O–H groups in total. The first-order valence-corrected chi connectivity index (χ1v) is 11.6. The number of hydrogen-bond donors (Lipinski definition) is 1. The van der Waals surface area contributed by atoms with Gasteiger partial charge in [0.15, 0.2) is 0 Å². The zero-order valence-corrected chi connectivity index (χ0v) is 19.1. The van der Waals surface area contributed by atoms with Crippen molar-refractivity contribution in [1.82, 2.24) is 19.0 Å². The molecule has 1 fully saturated rings. The van der Waals surface area contributed by atoms with Crippen LogP contribution in [-0.4, -0.2) is 52.8 Å².